The van der Waals surface area contributed by atoms with Crippen LogP contribution in [0.25, 0.3) is 0 Å². The van der Waals surface area contributed by atoms with E-state index in [-0.39, 0.29) is 0 Å². The molecule has 0 nitrogen and oxygen atoms in total. The third-order valence-electron chi connectivity index (χ3n) is 1.94. The highest BCUT2D eigenvalue weighted by Gasteiger charge is 2.15. The highest BCUT2D eigenvalue weighted by Crippen LogP contribution is 2.25. The zero-order chi connectivity index (χ0) is 6.69. The van der Waals surface area contributed by atoms with Gasteiger partial charge in [0.1, 0.15) is 0 Å². The number of hydrogen-bond acceptors (Lipinski definition) is 2. The van der Waals surface area contributed by atoms with Crippen LogP contribution in [0.15, 0.2) is 0 Å². The summed E-state index contributed by atoms with van der Waals surface area (Å²) in [6.07, 6.45) is 6.61. The van der Waals surface area contributed by atoms with Crippen molar-refractivity contribution in [1.82, 2.24) is 0 Å². The fraction of sp³-hybridized carbons (Fsp3) is 1.00. The van der Waals surface area contributed by atoms with Crippen molar-refractivity contribution in [2.75, 3.05) is 0 Å². The minimum absolute atomic E-state index is 0.552. The monoisotopic (exact) mass is 162 g/mol. The number of hydrogen-bond donors (Lipinski definition) is 2. The van der Waals surface area contributed by atoms with E-state index in [1.165, 1.54) is 32.1 Å². The van der Waals surface area contributed by atoms with E-state index >= 15 is 0 Å². The second-order valence-corrected chi connectivity index (χ2v) is 4.10. The molecule has 54 valence electrons. The van der Waals surface area contributed by atoms with Gasteiger partial charge in [0, 0.05) is 10.5 Å². The molecule has 0 aliphatic heterocycles. The Morgan fingerprint density at radius 1 is 0.778 bits per heavy atom. The highest BCUT2D eigenvalue weighted by atomic mass is 32.1. The van der Waals surface area contributed by atoms with Gasteiger partial charge in [0.2, 0.25) is 0 Å². The first-order valence-electron chi connectivity index (χ1n) is 3.67. The van der Waals surface area contributed by atoms with Gasteiger partial charge in [-0.15, -0.1) is 0 Å². The van der Waals surface area contributed by atoms with Gasteiger partial charge in [0.25, 0.3) is 0 Å². The van der Waals surface area contributed by atoms with Crippen LogP contribution in [-0.4, -0.2) is 10.5 Å². The third-order valence-corrected chi connectivity index (χ3v) is 3.42. The first-order chi connectivity index (χ1) is 4.30. The molecule has 0 aromatic heterocycles. The number of rotatable bonds is 0. The quantitative estimate of drug-likeness (QED) is 0.397. The average Bonchev–Trinajstić information content (AvgIpc) is 1.99. The molecule has 0 heterocycles. The molecule has 0 aromatic rings. The lowest BCUT2D eigenvalue weighted by molar-refractivity contribution is 0.704. The lowest BCUT2D eigenvalue weighted by Gasteiger charge is -2.12. The molecule has 0 N–H and O–H groups in total. The molecule has 0 radical (unpaired) electrons. The van der Waals surface area contributed by atoms with E-state index in [9.17, 15) is 0 Å². The molecule has 0 bridgehead atoms. The minimum atomic E-state index is 0.552. The Hall–Kier alpha value is 0.700. The van der Waals surface area contributed by atoms with Crippen LogP contribution in [0.2, 0.25) is 0 Å². The van der Waals surface area contributed by atoms with Gasteiger partial charge in [-0.25, -0.2) is 0 Å². The van der Waals surface area contributed by atoms with Crippen molar-refractivity contribution in [2.45, 2.75) is 42.6 Å². The molecule has 2 unspecified atom stereocenters. The van der Waals surface area contributed by atoms with E-state index in [1.54, 1.807) is 0 Å². The SMILES string of the molecule is SC1CCCCCC1S. The summed E-state index contributed by atoms with van der Waals surface area (Å²) in [5.74, 6) is 0. The molecule has 0 amide bonds. The molecular formula is C7H14S2. The summed E-state index contributed by atoms with van der Waals surface area (Å²) in [5, 5.41) is 1.10. The maximum absolute atomic E-state index is 4.45. The minimum Gasteiger partial charge on any atom is -0.175 e. The van der Waals surface area contributed by atoms with Crippen molar-refractivity contribution in [3.63, 3.8) is 0 Å². The molecular weight excluding hydrogens is 148 g/mol. The summed E-state index contributed by atoms with van der Waals surface area (Å²) < 4.78 is 0. The van der Waals surface area contributed by atoms with Crippen LogP contribution >= 0.6 is 25.3 Å². The van der Waals surface area contributed by atoms with Gasteiger partial charge in [0.05, 0.1) is 0 Å². The normalized spacial score (nSPS) is 38.0. The van der Waals surface area contributed by atoms with E-state index in [2.05, 4.69) is 25.3 Å². The Kier molecular flexibility index (Phi) is 3.27. The predicted molar refractivity (Wildman–Crippen MR) is 48.6 cm³/mol. The van der Waals surface area contributed by atoms with Crippen LogP contribution in [0.4, 0.5) is 0 Å². The molecule has 9 heavy (non-hydrogen) atoms. The Morgan fingerprint density at radius 3 is 1.67 bits per heavy atom. The fourth-order valence-corrected chi connectivity index (χ4v) is 1.93. The molecule has 0 spiro atoms. The lowest BCUT2D eigenvalue weighted by Crippen LogP contribution is -2.12. The first-order valence-corrected chi connectivity index (χ1v) is 4.70. The average molecular weight is 162 g/mol. The second kappa shape index (κ2) is 3.77. The van der Waals surface area contributed by atoms with Gasteiger partial charge in [0.15, 0.2) is 0 Å². The van der Waals surface area contributed by atoms with E-state index < -0.39 is 0 Å². The van der Waals surface area contributed by atoms with Crippen LogP contribution in [0.5, 0.6) is 0 Å². The Labute approximate surface area is 68.2 Å². The van der Waals surface area contributed by atoms with Crippen molar-refractivity contribution in [3.05, 3.63) is 0 Å². The molecule has 1 rings (SSSR count). The van der Waals surface area contributed by atoms with Gasteiger partial charge >= 0.3 is 0 Å². The predicted octanol–water partition coefficient (Wildman–Crippen LogP) is 2.55. The Balaban J connectivity index is 2.32. The Morgan fingerprint density at radius 2 is 1.22 bits per heavy atom. The fourth-order valence-electron chi connectivity index (χ4n) is 1.27. The van der Waals surface area contributed by atoms with Gasteiger partial charge in [-0.2, -0.15) is 25.3 Å². The van der Waals surface area contributed by atoms with E-state index in [0.717, 1.165) is 0 Å². The van der Waals surface area contributed by atoms with Crippen LogP contribution < -0.4 is 0 Å². The maximum atomic E-state index is 4.45. The third kappa shape index (κ3) is 2.42. The zero-order valence-corrected chi connectivity index (χ0v) is 7.37. The lowest BCUT2D eigenvalue weighted by atomic mass is 10.2. The summed E-state index contributed by atoms with van der Waals surface area (Å²) in [6, 6.07) is 0. The molecule has 2 atom stereocenters. The summed E-state index contributed by atoms with van der Waals surface area (Å²) in [6.45, 7) is 0. The number of thiol groups is 2. The van der Waals surface area contributed by atoms with E-state index in [1.807, 2.05) is 0 Å². The van der Waals surface area contributed by atoms with Crippen LogP contribution in [0, 0.1) is 0 Å². The first kappa shape index (κ1) is 7.80. The summed E-state index contributed by atoms with van der Waals surface area (Å²) in [7, 11) is 0. The Bertz CT molecular complexity index is 73.0. The summed E-state index contributed by atoms with van der Waals surface area (Å²) >= 11 is 8.90. The van der Waals surface area contributed by atoms with Crippen molar-refractivity contribution >= 4 is 25.3 Å². The van der Waals surface area contributed by atoms with Crippen molar-refractivity contribution in [3.8, 4) is 0 Å². The molecule has 1 aliphatic carbocycles. The summed E-state index contributed by atoms with van der Waals surface area (Å²) in [5.41, 5.74) is 0. The molecule has 0 aromatic carbocycles. The maximum Gasteiger partial charge on any atom is 0.0133 e. The highest BCUT2D eigenvalue weighted by molar-refractivity contribution is 7.85. The van der Waals surface area contributed by atoms with Gasteiger partial charge in [-0.05, 0) is 12.8 Å². The van der Waals surface area contributed by atoms with Gasteiger partial charge < -0.3 is 0 Å². The largest absolute Gasteiger partial charge is 0.175 e. The molecule has 1 fully saturated rings. The molecule has 2 heteroatoms. The standard InChI is InChI=1S/C7H14S2/c8-6-4-2-1-3-5-7(6)9/h6-9H,1-5H2. The summed E-state index contributed by atoms with van der Waals surface area (Å²) in [4.78, 5) is 0. The van der Waals surface area contributed by atoms with Gasteiger partial charge in [-0.3, -0.25) is 0 Å². The second-order valence-electron chi connectivity index (χ2n) is 2.77. The van der Waals surface area contributed by atoms with Crippen LogP contribution in [0.3, 0.4) is 0 Å². The van der Waals surface area contributed by atoms with Gasteiger partial charge in [-0.1, -0.05) is 19.3 Å². The van der Waals surface area contributed by atoms with E-state index in [4.69, 9.17) is 0 Å². The molecule has 1 aliphatic rings. The van der Waals surface area contributed by atoms with Crippen molar-refractivity contribution < 1.29 is 0 Å². The molecule has 0 saturated heterocycles. The van der Waals surface area contributed by atoms with Crippen molar-refractivity contribution in [1.29, 1.82) is 0 Å². The van der Waals surface area contributed by atoms with Crippen LogP contribution in [0.1, 0.15) is 32.1 Å². The van der Waals surface area contributed by atoms with E-state index in [0.29, 0.717) is 10.5 Å². The van der Waals surface area contributed by atoms with Crippen molar-refractivity contribution in [2.24, 2.45) is 0 Å². The zero-order valence-electron chi connectivity index (χ0n) is 5.58. The smallest absolute Gasteiger partial charge is 0.0133 e. The molecule has 1 saturated carbocycles. The van der Waals surface area contributed by atoms with Crippen LogP contribution in [-0.2, 0) is 0 Å². The topological polar surface area (TPSA) is 0 Å².